The number of carbonyl (C=O) groups excluding carboxylic acids is 1. The van der Waals surface area contributed by atoms with E-state index in [1.54, 1.807) is 0 Å². The van der Waals surface area contributed by atoms with Crippen molar-refractivity contribution in [3.05, 3.63) is 48.7 Å². The van der Waals surface area contributed by atoms with Crippen molar-refractivity contribution in [2.45, 2.75) is 39.3 Å². The zero-order valence-electron chi connectivity index (χ0n) is 14.8. The van der Waals surface area contributed by atoms with Gasteiger partial charge in [-0.3, -0.25) is 4.79 Å². The van der Waals surface area contributed by atoms with E-state index in [4.69, 9.17) is 0 Å². The third kappa shape index (κ3) is 2.78. The summed E-state index contributed by atoms with van der Waals surface area (Å²) in [7, 11) is 0. The number of benzene rings is 2. The highest BCUT2D eigenvalue weighted by atomic mass is 16.1. The second kappa shape index (κ2) is 5.96. The van der Waals surface area contributed by atoms with E-state index < -0.39 is 0 Å². The fourth-order valence-corrected chi connectivity index (χ4v) is 3.61. The first kappa shape index (κ1) is 15.8. The first-order valence-corrected chi connectivity index (χ1v) is 8.83. The predicted octanol–water partition coefficient (Wildman–Crippen LogP) is 5.03. The highest BCUT2D eigenvalue weighted by molar-refractivity contribution is 6.01. The van der Waals surface area contributed by atoms with Gasteiger partial charge in [0.05, 0.1) is 11.4 Å². The maximum atomic E-state index is 12.0. The number of para-hydroxylation sites is 1. The molecule has 1 aliphatic heterocycles. The molecule has 0 aliphatic carbocycles. The molecule has 2 heterocycles. The number of carbonyl (C=O) groups is 1. The standard InChI is InChI=1S/C21H23N3O/c1-13(2)24-10-9-16-12-15(7-8-19(16)24)17-5-4-6-18-21(17)22-14(3)11-20(25)23-18/h4-10,12-14,22H,11H2,1-3H3,(H,23,25)/t14-/m1/s1. The Bertz CT molecular complexity index is 955. The maximum Gasteiger partial charge on any atom is 0.226 e. The normalized spacial score (nSPS) is 17.1. The molecule has 128 valence electrons. The third-order valence-corrected chi connectivity index (χ3v) is 4.81. The maximum absolute atomic E-state index is 12.0. The van der Waals surface area contributed by atoms with E-state index in [0.717, 1.165) is 22.5 Å². The molecule has 0 bridgehead atoms. The molecule has 4 heteroatoms. The van der Waals surface area contributed by atoms with E-state index >= 15 is 0 Å². The van der Waals surface area contributed by atoms with Crippen LogP contribution in [0.3, 0.4) is 0 Å². The number of amides is 1. The largest absolute Gasteiger partial charge is 0.380 e. The fraction of sp³-hybridized carbons (Fsp3) is 0.286. The summed E-state index contributed by atoms with van der Waals surface area (Å²) >= 11 is 0. The Balaban J connectivity index is 1.84. The summed E-state index contributed by atoms with van der Waals surface area (Å²) < 4.78 is 2.28. The van der Waals surface area contributed by atoms with Crippen molar-refractivity contribution < 1.29 is 4.79 Å². The van der Waals surface area contributed by atoms with Crippen molar-refractivity contribution in [2.75, 3.05) is 10.6 Å². The minimum Gasteiger partial charge on any atom is -0.380 e. The van der Waals surface area contributed by atoms with Gasteiger partial charge in [0.25, 0.3) is 0 Å². The van der Waals surface area contributed by atoms with Gasteiger partial charge < -0.3 is 15.2 Å². The van der Waals surface area contributed by atoms with Crippen molar-refractivity contribution in [3.8, 4) is 11.1 Å². The first-order valence-electron chi connectivity index (χ1n) is 8.83. The predicted molar refractivity (Wildman–Crippen MR) is 104 cm³/mol. The summed E-state index contributed by atoms with van der Waals surface area (Å²) in [5, 5.41) is 7.75. The number of rotatable bonds is 2. The Morgan fingerprint density at radius 3 is 2.80 bits per heavy atom. The average Bonchev–Trinajstić information content (AvgIpc) is 2.92. The summed E-state index contributed by atoms with van der Waals surface area (Å²) in [5.74, 6) is 0.0559. The van der Waals surface area contributed by atoms with Crippen LogP contribution in [0.25, 0.3) is 22.0 Å². The van der Waals surface area contributed by atoms with Gasteiger partial charge in [0.2, 0.25) is 5.91 Å². The van der Waals surface area contributed by atoms with Crippen molar-refractivity contribution in [1.29, 1.82) is 0 Å². The Morgan fingerprint density at radius 2 is 2.00 bits per heavy atom. The number of anilines is 2. The molecule has 4 rings (SSSR count). The van der Waals surface area contributed by atoms with Gasteiger partial charge in [0.15, 0.2) is 0 Å². The molecule has 2 aromatic carbocycles. The molecule has 25 heavy (non-hydrogen) atoms. The molecule has 2 N–H and O–H groups in total. The molecular formula is C21H23N3O. The van der Waals surface area contributed by atoms with Gasteiger partial charge in [-0.25, -0.2) is 0 Å². The number of fused-ring (bicyclic) bond motifs is 2. The molecule has 1 aliphatic rings. The van der Waals surface area contributed by atoms with E-state index in [1.807, 2.05) is 19.1 Å². The van der Waals surface area contributed by atoms with Gasteiger partial charge in [-0.05, 0) is 50.6 Å². The summed E-state index contributed by atoms with van der Waals surface area (Å²) in [4.78, 5) is 12.0. The monoisotopic (exact) mass is 333 g/mol. The van der Waals surface area contributed by atoms with Crippen LogP contribution in [-0.4, -0.2) is 16.5 Å². The van der Waals surface area contributed by atoms with Crippen molar-refractivity contribution in [1.82, 2.24) is 4.57 Å². The van der Waals surface area contributed by atoms with Crippen LogP contribution in [0.15, 0.2) is 48.7 Å². The molecule has 0 radical (unpaired) electrons. The molecule has 0 saturated heterocycles. The number of hydrogen-bond donors (Lipinski definition) is 2. The zero-order valence-corrected chi connectivity index (χ0v) is 14.8. The first-order chi connectivity index (χ1) is 12.0. The molecule has 1 atom stereocenters. The summed E-state index contributed by atoms with van der Waals surface area (Å²) in [6, 6.07) is 15.3. The lowest BCUT2D eigenvalue weighted by atomic mass is 10.0. The minimum absolute atomic E-state index is 0.0559. The lowest BCUT2D eigenvalue weighted by molar-refractivity contribution is -0.116. The lowest BCUT2D eigenvalue weighted by Gasteiger charge is -2.17. The van der Waals surface area contributed by atoms with Crippen LogP contribution in [0.5, 0.6) is 0 Å². The highest BCUT2D eigenvalue weighted by Gasteiger charge is 2.20. The third-order valence-electron chi connectivity index (χ3n) is 4.81. The Kier molecular flexibility index (Phi) is 3.75. The smallest absolute Gasteiger partial charge is 0.226 e. The van der Waals surface area contributed by atoms with Gasteiger partial charge in [0, 0.05) is 41.2 Å². The van der Waals surface area contributed by atoms with Crippen LogP contribution in [0.4, 0.5) is 11.4 Å². The Morgan fingerprint density at radius 1 is 1.16 bits per heavy atom. The molecule has 1 amide bonds. The molecule has 0 fully saturated rings. The number of nitrogens with zero attached hydrogens (tertiary/aromatic N) is 1. The van der Waals surface area contributed by atoms with Gasteiger partial charge in [-0.2, -0.15) is 0 Å². The minimum atomic E-state index is 0.0559. The SMILES string of the molecule is CC(C)n1ccc2cc(-c3cccc4c3N[C@H](C)CC(=O)N4)ccc21. The van der Waals surface area contributed by atoms with Gasteiger partial charge in [0.1, 0.15) is 0 Å². The van der Waals surface area contributed by atoms with Gasteiger partial charge in [-0.15, -0.1) is 0 Å². The molecular weight excluding hydrogens is 310 g/mol. The fourth-order valence-electron chi connectivity index (χ4n) is 3.61. The van der Waals surface area contributed by atoms with Crippen molar-refractivity contribution in [3.63, 3.8) is 0 Å². The van der Waals surface area contributed by atoms with Crippen LogP contribution in [0.2, 0.25) is 0 Å². The van der Waals surface area contributed by atoms with Crippen LogP contribution >= 0.6 is 0 Å². The molecule has 0 saturated carbocycles. The molecule has 4 nitrogen and oxygen atoms in total. The highest BCUT2D eigenvalue weighted by Crippen LogP contribution is 2.37. The van der Waals surface area contributed by atoms with E-state index in [9.17, 15) is 4.79 Å². The number of aromatic nitrogens is 1. The van der Waals surface area contributed by atoms with Crippen molar-refractivity contribution >= 4 is 28.2 Å². The molecule has 0 unspecified atom stereocenters. The summed E-state index contributed by atoms with van der Waals surface area (Å²) in [6.07, 6.45) is 2.62. The zero-order chi connectivity index (χ0) is 17.6. The number of nitrogens with one attached hydrogen (secondary N) is 2. The Hall–Kier alpha value is -2.75. The van der Waals surface area contributed by atoms with Crippen LogP contribution < -0.4 is 10.6 Å². The van der Waals surface area contributed by atoms with Crippen LogP contribution in [-0.2, 0) is 4.79 Å². The van der Waals surface area contributed by atoms with Crippen LogP contribution in [0, 0.1) is 0 Å². The summed E-state index contributed by atoms with van der Waals surface area (Å²) in [6.45, 7) is 6.42. The quantitative estimate of drug-likeness (QED) is 0.691. The van der Waals surface area contributed by atoms with Crippen molar-refractivity contribution in [2.24, 2.45) is 0 Å². The van der Waals surface area contributed by atoms with Crippen LogP contribution in [0.1, 0.15) is 33.2 Å². The Labute approximate surface area is 147 Å². The number of hydrogen-bond acceptors (Lipinski definition) is 2. The van der Waals surface area contributed by atoms with E-state index in [-0.39, 0.29) is 11.9 Å². The summed E-state index contributed by atoms with van der Waals surface area (Å²) in [5.41, 5.74) is 5.37. The molecule has 0 spiro atoms. The van der Waals surface area contributed by atoms with Gasteiger partial charge in [-0.1, -0.05) is 18.2 Å². The molecule has 1 aromatic heterocycles. The average molecular weight is 333 g/mol. The van der Waals surface area contributed by atoms with Gasteiger partial charge >= 0.3 is 0 Å². The topological polar surface area (TPSA) is 46.1 Å². The molecule has 3 aromatic rings. The van der Waals surface area contributed by atoms with E-state index in [1.165, 1.54) is 10.9 Å². The second-order valence-corrected chi connectivity index (χ2v) is 7.12. The lowest BCUT2D eigenvalue weighted by Crippen LogP contribution is -2.19. The second-order valence-electron chi connectivity index (χ2n) is 7.12. The van der Waals surface area contributed by atoms with E-state index in [2.05, 4.69) is 65.6 Å². The van der Waals surface area contributed by atoms with E-state index in [0.29, 0.717) is 12.5 Å².